The van der Waals surface area contributed by atoms with Crippen LogP contribution in [0.4, 0.5) is 0 Å². The Balaban J connectivity index is 2.85. The smallest absolute Gasteiger partial charge is 0.125 e. The van der Waals surface area contributed by atoms with Gasteiger partial charge in [0.2, 0.25) is 0 Å². The standard InChI is InChI=1S/C13H18N2O/c1-4-15-8-9(13(2,3)14)12-10(15)6-5-7-11(12)16/h5-8,16H,4,14H2,1-3H3. The zero-order valence-electron chi connectivity index (χ0n) is 9.99. The van der Waals surface area contributed by atoms with Gasteiger partial charge < -0.3 is 15.4 Å². The topological polar surface area (TPSA) is 51.2 Å². The van der Waals surface area contributed by atoms with Gasteiger partial charge in [0, 0.05) is 29.2 Å². The van der Waals surface area contributed by atoms with Gasteiger partial charge in [0.25, 0.3) is 0 Å². The minimum atomic E-state index is -0.447. The summed E-state index contributed by atoms with van der Waals surface area (Å²) in [5.74, 6) is 0.304. The van der Waals surface area contributed by atoms with E-state index in [0.717, 1.165) is 23.0 Å². The Hall–Kier alpha value is -1.48. The van der Waals surface area contributed by atoms with Crippen molar-refractivity contribution >= 4 is 10.9 Å². The average Bonchev–Trinajstić information content (AvgIpc) is 2.57. The van der Waals surface area contributed by atoms with E-state index < -0.39 is 5.54 Å². The predicted molar refractivity (Wildman–Crippen MR) is 66.5 cm³/mol. The monoisotopic (exact) mass is 218 g/mol. The summed E-state index contributed by atoms with van der Waals surface area (Å²) in [6.07, 6.45) is 2.03. The van der Waals surface area contributed by atoms with Gasteiger partial charge in [-0.05, 0) is 32.9 Å². The van der Waals surface area contributed by atoms with E-state index in [0.29, 0.717) is 5.75 Å². The summed E-state index contributed by atoms with van der Waals surface area (Å²) in [6, 6.07) is 5.57. The summed E-state index contributed by atoms with van der Waals surface area (Å²) in [5, 5.41) is 10.8. The van der Waals surface area contributed by atoms with E-state index in [2.05, 4.69) is 11.5 Å². The molecule has 2 aromatic rings. The van der Waals surface area contributed by atoms with E-state index >= 15 is 0 Å². The van der Waals surface area contributed by atoms with Gasteiger partial charge in [-0.1, -0.05) is 6.07 Å². The molecule has 3 heteroatoms. The molecule has 0 bridgehead atoms. The second-order valence-electron chi connectivity index (χ2n) is 4.72. The molecule has 3 nitrogen and oxygen atoms in total. The third-order valence-corrected chi connectivity index (χ3v) is 2.92. The number of nitrogens with two attached hydrogens (primary N) is 1. The lowest BCUT2D eigenvalue weighted by Crippen LogP contribution is -2.28. The summed E-state index contributed by atoms with van der Waals surface area (Å²) >= 11 is 0. The highest BCUT2D eigenvalue weighted by Gasteiger charge is 2.22. The molecule has 16 heavy (non-hydrogen) atoms. The highest BCUT2D eigenvalue weighted by molar-refractivity contribution is 5.90. The Morgan fingerprint density at radius 3 is 2.62 bits per heavy atom. The molecule has 0 saturated carbocycles. The first-order chi connectivity index (χ1) is 7.45. The molecule has 1 heterocycles. The lowest BCUT2D eigenvalue weighted by molar-refractivity contribution is 0.479. The Morgan fingerprint density at radius 2 is 2.06 bits per heavy atom. The lowest BCUT2D eigenvalue weighted by atomic mass is 9.95. The van der Waals surface area contributed by atoms with E-state index in [1.165, 1.54) is 0 Å². The van der Waals surface area contributed by atoms with Gasteiger partial charge in [0.15, 0.2) is 0 Å². The highest BCUT2D eigenvalue weighted by atomic mass is 16.3. The fraction of sp³-hybridized carbons (Fsp3) is 0.385. The second kappa shape index (κ2) is 3.52. The zero-order chi connectivity index (χ0) is 11.9. The number of aromatic hydroxyl groups is 1. The quantitative estimate of drug-likeness (QED) is 0.814. The highest BCUT2D eigenvalue weighted by Crippen LogP contribution is 2.34. The van der Waals surface area contributed by atoms with Gasteiger partial charge in [-0.2, -0.15) is 0 Å². The number of nitrogens with zero attached hydrogens (tertiary/aromatic N) is 1. The van der Waals surface area contributed by atoms with Crippen LogP contribution in [0.15, 0.2) is 24.4 Å². The molecule has 1 aromatic carbocycles. The van der Waals surface area contributed by atoms with Crippen LogP contribution in [0.25, 0.3) is 10.9 Å². The Labute approximate surface area is 95.5 Å². The van der Waals surface area contributed by atoms with Crippen molar-refractivity contribution in [2.24, 2.45) is 5.73 Å². The zero-order valence-corrected chi connectivity index (χ0v) is 9.99. The molecule has 0 amide bonds. The van der Waals surface area contributed by atoms with E-state index in [1.807, 2.05) is 32.2 Å². The molecule has 0 atom stereocenters. The Morgan fingerprint density at radius 1 is 1.38 bits per heavy atom. The normalized spacial score (nSPS) is 12.2. The number of benzene rings is 1. The second-order valence-corrected chi connectivity index (χ2v) is 4.72. The largest absolute Gasteiger partial charge is 0.507 e. The van der Waals surface area contributed by atoms with Crippen molar-refractivity contribution in [3.05, 3.63) is 30.0 Å². The predicted octanol–water partition coefficient (Wildman–Crippen LogP) is 2.56. The number of aromatic nitrogens is 1. The summed E-state index contributed by atoms with van der Waals surface area (Å²) in [6.45, 7) is 6.86. The third kappa shape index (κ3) is 1.57. The van der Waals surface area contributed by atoms with Crippen molar-refractivity contribution in [3.63, 3.8) is 0 Å². The molecule has 0 unspecified atom stereocenters. The van der Waals surface area contributed by atoms with Crippen LogP contribution in [-0.2, 0) is 12.1 Å². The molecule has 0 radical (unpaired) electrons. The van der Waals surface area contributed by atoms with Crippen LogP contribution in [0, 0.1) is 0 Å². The van der Waals surface area contributed by atoms with Crippen LogP contribution < -0.4 is 5.73 Å². The lowest BCUT2D eigenvalue weighted by Gasteiger charge is -2.17. The summed E-state index contributed by atoms with van der Waals surface area (Å²) in [7, 11) is 0. The van der Waals surface area contributed by atoms with Crippen LogP contribution in [0.5, 0.6) is 5.75 Å². The van der Waals surface area contributed by atoms with Gasteiger partial charge in [-0.3, -0.25) is 0 Å². The molecule has 0 fully saturated rings. The van der Waals surface area contributed by atoms with Gasteiger partial charge in [-0.15, -0.1) is 0 Å². The minimum Gasteiger partial charge on any atom is -0.507 e. The third-order valence-electron chi connectivity index (χ3n) is 2.92. The summed E-state index contributed by atoms with van der Waals surface area (Å²) in [5.41, 5.74) is 7.71. The molecule has 2 rings (SSSR count). The van der Waals surface area contributed by atoms with Gasteiger partial charge >= 0.3 is 0 Å². The van der Waals surface area contributed by atoms with Gasteiger partial charge in [0.05, 0.1) is 5.52 Å². The fourth-order valence-corrected chi connectivity index (χ4v) is 2.08. The van der Waals surface area contributed by atoms with Crippen LogP contribution in [0.1, 0.15) is 26.3 Å². The molecule has 1 aromatic heterocycles. The summed E-state index contributed by atoms with van der Waals surface area (Å²) in [4.78, 5) is 0. The molecule has 3 N–H and O–H groups in total. The molecular formula is C13H18N2O. The van der Waals surface area contributed by atoms with Gasteiger partial charge in [0.1, 0.15) is 5.75 Å². The fourth-order valence-electron chi connectivity index (χ4n) is 2.08. The maximum absolute atomic E-state index is 9.96. The molecular weight excluding hydrogens is 200 g/mol. The molecule has 86 valence electrons. The van der Waals surface area contributed by atoms with Crippen LogP contribution in [0.3, 0.4) is 0 Å². The van der Waals surface area contributed by atoms with Crippen molar-refractivity contribution < 1.29 is 5.11 Å². The first-order valence-corrected chi connectivity index (χ1v) is 5.55. The Kier molecular flexibility index (Phi) is 2.43. The molecule has 0 aliphatic carbocycles. The number of hydrogen-bond acceptors (Lipinski definition) is 2. The van der Waals surface area contributed by atoms with E-state index in [4.69, 9.17) is 5.73 Å². The number of phenols is 1. The first kappa shape index (κ1) is 11.0. The molecule has 0 saturated heterocycles. The number of phenolic OH excluding ortho intramolecular Hbond substituents is 1. The van der Waals surface area contributed by atoms with Crippen molar-refractivity contribution in [1.82, 2.24) is 4.57 Å². The molecule has 0 spiro atoms. The maximum atomic E-state index is 9.96. The number of aryl methyl sites for hydroxylation is 1. The van der Waals surface area contributed by atoms with Crippen LogP contribution in [-0.4, -0.2) is 9.67 Å². The number of fused-ring (bicyclic) bond motifs is 1. The number of rotatable bonds is 2. The van der Waals surface area contributed by atoms with Crippen molar-refractivity contribution in [1.29, 1.82) is 0 Å². The maximum Gasteiger partial charge on any atom is 0.125 e. The average molecular weight is 218 g/mol. The van der Waals surface area contributed by atoms with E-state index in [1.54, 1.807) is 6.07 Å². The van der Waals surface area contributed by atoms with Crippen molar-refractivity contribution in [2.45, 2.75) is 32.9 Å². The SMILES string of the molecule is CCn1cc(C(C)(C)N)c2c(O)cccc21. The van der Waals surface area contributed by atoms with E-state index in [9.17, 15) is 5.11 Å². The summed E-state index contributed by atoms with van der Waals surface area (Å²) < 4.78 is 2.11. The molecule has 0 aliphatic rings. The van der Waals surface area contributed by atoms with Crippen LogP contribution in [0.2, 0.25) is 0 Å². The Bertz CT molecular complexity index is 520. The minimum absolute atomic E-state index is 0.304. The van der Waals surface area contributed by atoms with Crippen LogP contribution >= 0.6 is 0 Å². The van der Waals surface area contributed by atoms with Gasteiger partial charge in [-0.25, -0.2) is 0 Å². The molecule has 0 aliphatic heterocycles. The van der Waals surface area contributed by atoms with E-state index in [-0.39, 0.29) is 0 Å². The van der Waals surface area contributed by atoms with Crippen molar-refractivity contribution in [2.75, 3.05) is 0 Å². The number of hydrogen-bond donors (Lipinski definition) is 2. The van der Waals surface area contributed by atoms with Crippen molar-refractivity contribution in [3.8, 4) is 5.75 Å². The first-order valence-electron chi connectivity index (χ1n) is 5.55.